The lowest BCUT2D eigenvalue weighted by molar-refractivity contribution is 0.414. The lowest BCUT2D eigenvalue weighted by Gasteiger charge is -2.30. The van der Waals surface area contributed by atoms with Gasteiger partial charge in [-0.15, -0.1) is 0 Å². The number of halogens is 2. The van der Waals surface area contributed by atoms with E-state index in [1.54, 1.807) is 7.11 Å². The summed E-state index contributed by atoms with van der Waals surface area (Å²) < 4.78 is 35.5. The quantitative estimate of drug-likeness (QED) is 0.294. The Labute approximate surface area is 196 Å². The highest BCUT2D eigenvalue weighted by atomic mass is 19.1. The molecule has 0 spiro atoms. The number of nitrogens with zero attached hydrogens (tertiary/aromatic N) is 2. The van der Waals surface area contributed by atoms with Gasteiger partial charge in [-0.25, -0.2) is 8.78 Å². The van der Waals surface area contributed by atoms with Crippen LogP contribution in [0.3, 0.4) is 0 Å². The van der Waals surface area contributed by atoms with Gasteiger partial charge in [0.05, 0.1) is 18.7 Å². The van der Waals surface area contributed by atoms with E-state index < -0.39 is 11.6 Å². The van der Waals surface area contributed by atoms with Crippen molar-refractivity contribution in [1.29, 1.82) is 0 Å². The summed E-state index contributed by atoms with van der Waals surface area (Å²) in [4.78, 5) is 4.64. The highest BCUT2D eigenvalue weighted by Crippen LogP contribution is 2.44. The van der Waals surface area contributed by atoms with Crippen molar-refractivity contribution in [3.8, 4) is 17.0 Å². The Morgan fingerprint density at radius 1 is 0.941 bits per heavy atom. The molecule has 0 unspecified atom stereocenters. The Hall–Kier alpha value is -3.99. The number of aryl methyl sites for hydroxylation is 1. The van der Waals surface area contributed by atoms with Crippen LogP contribution in [0.4, 0.5) is 8.78 Å². The monoisotopic (exact) mass is 452 g/mol. The second-order valence-corrected chi connectivity index (χ2v) is 8.75. The zero-order valence-electron chi connectivity index (χ0n) is 18.8. The number of ether oxygens (including phenoxy) is 1. The van der Waals surface area contributed by atoms with Gasteiger partial charge in [-0.2, -0.15) is 0 Å². The van der Waals surface area contributed by atoms with Gasteiger partial charge in [0.25, 0.3) is 0 Å². The first-order valence-electron chi connectivity index (χ1n) is 11.2. The van der Waals surface area contributed by atoms with Crippen LogP contribution in [0.15, 0.2) is 79.0 Å². The SMILES string of the molecule is COc1ccc([C@@H]2c3cnc(-c4cc(F)cc(F)c4)cc3Cn3c2c(C)c2ccccc23)cc1. The van der Waals surface area contributed by atoms with E-state index in [4.69, 9.17) is 4.74 Å². The van der Waals surface area contributed by atoms with Crippen LogP contribution in [-0.2, 0) is 6.54 Å². The minimum Gasteiger partial charge on any atom is -0.497 e. The third-order valence-corrected chi connectivity index (χ3v) is 6.82. The molecular weight excluding hydrogens is 430 g/mol. The van der Waals surface area contributed by atoms with Gasteiger partial charge in [-0.1, -0.05) is 30.3 Å². The number of hydrogen-bond donors (Lipinski definition) is 0. The van der Waals surface area contributed by atoms with Crippen molar-refractivity contribution < 1.29 is 13.5 Å². The van der Waals surface area contributed by atoms with Crippen LogP contribution in [0.2, 0.25) is 0 Å². The topological polar surface area (TPSA) is 27.1 Å². The first-order valence-corrected chi connectivity index (χ1v) is 11.2. The maximum Gasteiger partial charge on any atom is 0.126 e. The highest BCUT2D eigenvalue weighted by molar-refractivity contribution is 5.86. The molecular formula is C29H22F2N2O. The van der Waals surface area contributed by atoms with Gasteiger partial charge in [0.2, 0.25) is 0 Å². The van der Waals surface area contributed by atoms with E-state index in [-0.39, 0.29) is 5.92 Å². The normalized spacial score (nSPS) is 14.6. The van der Waals surface area contributed by atoms with Gasteiger partial charge in [0.15, 0.2) is 0 Å². The van der Waals surface area contributed by atoms with Crippen LogP contribution in [0, 0.1) is 18.6 Å². The summed E-state index contributed by atoms with van der Waals surface area (Å²) in [5.74, 6) is -0.439. The summed E-state index contributed by atoms with van der Waals surface area (Å²) in [6, 6.07) is 22.0. The van der Waals surface area contributed by atoms with Crippen molar-refractivity contribution in [1.82, 2.24) is 9.55 Å². The Morgan fingerprint density at radius 3 is 2.41 bits per heavy atom. The van der Waals surface area contributed by atoms with Crippen LogP contribution in [0.1, 0.15) is 33.9 Å². The van der Waals surface area contributed by atoms with Gasteiger partial charge in [-0.05, 0) is 65.6 Å². The molecule has 1 aliphatic heterocycles. The summed E-state index contributed by atoms with van der Waals surface area (Å²) >= 11 is 0. The minimum absolute atomic E-state index is 0.0205. The number of fused-ring (bicyclic) bond motifs is 4. The molecule has 0 saturated heterocycles. The number of methoxy groups -OCH3 is 1. The Kier molecular flexibility index (Phi) is 4.73. The number of aromatic nitrogens is 2. The second kappa shape index (κ2) is 7.80. The van der Waals surface area contributed by atoms with Crippen molar-refractivity contribution in [2.75, 3.05) is 7.11 Å². The predicted octanol–water partition coefficient (Wildman–Crippen LogP) is 6.84. The molecule has 6 rings (SSSR count). The van der Waals surface area contributed by atoms with Crippen LogP contribution >= 0.6 is 0 Å². The molecule has 5 heteroatoms. The summed E-state index contributed by atoms with van der Waals surface area (Å²) in [5.41, 5.74) is 7.98. The van der Waals surface area contributed by atoms with Crippen LogP contribution in [-0.4, -0.2) is 16.7 Å². The number of benzene rings is 3. The molecule has 1 atom stereocenters. The smallest absolute Gasteiger partial charge is 0.126 e. The van der Waals surface area contributed by atoms with Crippen LogP contribution in [0.5, 0.6) is 5.75 Å². The largest absolute Gasteiger partial charge is 0.497 e. The Bertz CT molecular complexity index is 1530. The van der Waals surface area contributed by atoms with Crippen molar-refractivity contribution >= 4 is 10.9 Å². The summed E-state index contributed by atoms with van der Waals surface area (Å²) in [7, 11) is 1.66. The molecule has 3 heterocycles. The van der Waals surface area contributed by atoms with E-state index in [9.17, 15) is 8.78 Å². The Balaban J connectivity index is 1.58. The molecule has 0 bridgehead atoms. The highest BCUT2D eigenvalue weighted by Gasteiger charge is 2.31. The molecule has 168 valence electrons. The lowest BCUT2D eigenvalue weighted by atomic mass is 9.82. The van der Waals surface area contributed by atoms with E-state index in [0.29, 0.717) is 17.8 Å². The van der Waals surface area contributed by atoms with Crippen molar-refractivity contribution in [2.24, 2.45) is 0 Å². The number of pyridine rings is 1. The van der Waals surface area contributed by atoms with Gasteiger partial charge < -0.3 is 9.30 Å². The first-order chi connectivity index (χ1) is 16.5. The molecule has 3 aromatic carbocycles. The standard InChI is InChI=1S/C29H22F2N2O/c1-17-24-5-3-4-6-27(24)33-16-20-13-26(19-11-21(30)14-22(31)12-19)32-15-25(20)28(29(17)33)18-7-9-23(34-2)10-8-18/h3-15,28H,16H2,1-2H3/t28-/m1/s1. The average molecular weight is 453 g/mol. The van der Waals surface area contributed by atoms with Gasteiger partial charge >= 0.3 is 0 Å². The molecule has 0 fully saturated rings. The van der Waals surface area contributed by atoms with Gasteiger partial charge in [0, 0.05) is 41.0 Å². The molecule has 0 saturated carbocycles. The molecule has 0 amide bonds. The predicted molar refractivity (Wildman–Crippen MR) is 129 cm³/mol. The third kappa shape index (κ3) is 3.19. The number of para-hydroxylation sites is 1. The molecule has 1 aliphatic rings. The van der Waals surface area contributed by atoms with Crippen LogP contribution < -0.4 is 4.74 Å². The minimum atomic E-state index is -0.611. The first kappa shape index (κ1) is 20.6. The molecule has 34 heavy (non-hydrogen) atoms. The average Bonchev–Trinajstić information content (AvgIpc) is 3.13. The fourth-order valence-corrected chi connectivity index (χ4v) is 5.25. The van der Waals surface area contributed by atoms with E-state index in [1.807, 2.05) is 24.4 Å². The zero-order chi connectivity index (χ0) is 23.4. The number of hydrogen-bond acceptors (Lipinski definition) is 2. The molecule has 5 aromatic rings. The zero-order valence-corrected chi connectivity index (χ0v) is 18.8. The molecule has 2 aromatic heterocycles. The van der Waals surface area contributed by atoms with Crippen molar-refractivity contribution in [3.63, 3.8) is 0 Å². The maximum atomic E-state index is 13.9. The summed E-state index contributed by atoms with van der Waals surface area (Å²) in [6.07, 6.45) is 1.86. The van der Waals surface area contributed by atoms with Crippen LogP contribution in [0.25, 0.3) is 22.2 Å². The lowest BCUT2D eigenvalue weighted by Crippen LogP contribution is -2.20. The molecule has 0 radical (unpaired) electrons. The summed E-state index contributed by atoms with van der Waals surface area (Å²) in [6.45, 7) is 2.84. The van der Waals surface area contributed by atoms with E-state index in [1.165, 1.54) is 34.3 Å². The molecule has 0 aliphatic carbocycles. The fraction of sp³-hybridized carbons (Fsp3) is 0.138. The Morgan fingerprint density at radius 2 is 1.68 bits per heavy atom. The van der Waals surface area contributed by atoms with Crippen molar-refractivity contribution in [2.45, 2.75) is 19.4 Å². The van der Waals surface area contributed by atoms with E-state index in [0.717, 1.165) is 28.5 Å². The fourth-order valence-electron chi connectivity index (χ4n) is 5.25. The third-order valence-electron chi connectivity index (χ3n) is 6.82. The second-order valence-electron chi connectivity index (χ2n) is 8.75. The van der Waals surface area contributed by atoms with Crippen molar-refractivity contribution in [3.05, 3.63) is 119 Å². The molecule has 3 nitrogen and oxygen atoms in total. The maximum absolute atomic E-state index is 13.9. The van der Waals surface area contributed by atoms with Gasteiger partial charge in [0.1, 0.15) is 17.4 Å². The van der Waals surface area contributed by atoms with Gasteiger partial charge in [-0.3, -0.25) is 4.98 Å². The van der Waals surface area contributed by atoms with E-state index >= 15 is 0 Å². The van der Waals surface area contributed by atoms with E-state index in [2.05, 4.69) is 52.9 Å². The summed E-state index contributed by atoms with van der Waals surface area (Å²) in [5, 5.41) is 1.23. The molecule has 0 N–H and O–H groups in total. The number of rotatable bonds is 3.